The number of carbonyl (C=O) groups is 1. The summed E-state index contributed by atoms with van der Waals surface area (Å²) in [7, 11) is 0. The molecule has 1 aliphatic heterocycles. The number of carbonyl (C=O) groups excluding carboxylic acids is 1. The average molecular weight is 292 g/mol. The van der Waals surface area contributed by atoms with Crippen LogP contribution in [-0.2, 0) is 11.2 Å². The first-order valence-corrected chi connectivity index (χ1v) is 7.32. The second kappa shape index (κ2) is 6.35. The molecule has 1 heterocycles. The Morgan fingerprint density at radius 2 is 2.24 bits per heavy atom. The van der Waals surface area contributed by atoms with Gasteiger partial charge in [0.05, 0.1) is 6.61 Å². The largest absolute Gasteiger partial charge is 0.493 e. The van der Waals surface area contributed by atoms with Crippen LogP contribution in [-0.4, -0.2) is 31.4 Å². The smallest absolute Gasteiger partial charge is 0.407 e. The van der Waals surface area contributed by atoms with Crippen LogP contribution in [0.15, 0.2) is 18.2 Å². The van der Waals surface area contributed by atoms with Crippen molar-refractivity contribution in [2.75, 3.05) is 19.7 Å². The molecule has 0 bridgehead atoms. The highest BCUT2D eigenvalue weighted by Crippen LogP contribution is 2.33. The zero-order valence-electron chi connectivity index (χ0n) is 12.9. The molecule has 0 aromatic heterocycles. The third kappa shape index (κ3) is 4.11. The van der Waals surface area contributed by atoms with Gasteiger partial charge in [0.15, 0.2) is 0 Å². The van der Waals surface area contributed by atoms with E-state index in [1.807, 2.05) is 32.9 Å². The molecule has 1 aromatic carbocycles. The summed E-state index contributed by atoms with van der Waals surface area (Å²) in [5.74, 6) is 0.949. The van der Waals surface area contributed by atoms with Gasteiger partial charge in [0.25, 0.3) is 0 Å². The van der Waals surface area contributed by atoms with Crippen molar-refractivity contribution in [1.29, 1.82) is 0 Å². The predicted molar refractivity (Wildman–Crippen MR) is 81.7 cm³/mol. The molecule has 2 rings (SSSR count). The number of rotatable bonds is 4. The van der Waals surface area contributed by atoms with Crippen molar-refractivity contribution in [3.8, 4) is 5.75 Å². The van der Waals surface area contributed by atoms with Crippen molar-refractivity contribution < 1.29 is 14.3 Å². The molecule has 1 amide bonds. The van der Waals surface area contributed by atoms with Crippen LogP contribution in [0.1, 0.15) is 37.8 Å². The fourth-order valence-corrected chi connectivity index (χ4v) is 2.40. The number of hydrogen-bond donors (Lipinski definition) is 2. The second-order valence-corrected chi connectivity index (χ2v) is 6.25. The SMILES string of the molecule is CC(C)(C)OC(=O)NCC(CN)c1cccc2c1OCC2. The number of hydrogen-bond acceptors (Lipinski definition) is 4. The van der Waals surface area contributed by atoms with E-state index < -0.39 is 11.7 Å². The van der Waals surface area contributed by atoms with Gasteiger partial charge in [0.1, 0.15) is 11.4 Å². The highest BCUT2D eigenvalue weighted by molar-refractivity contribution is 5.67. The summed E-state index contributed by atoms with van der Waals surface area (Å²) in [6.07, 6.45) is 0.509. The number of ether oxygens (including phenoxy) is 2. The van der Waals surface area contributed by atoms with Gasteiger partial charge >= 0.3 is 6.09 Å². The van der Waals surface area contributed by atoms with E-state index >= 15 is 0 Å². The van der Waals surface area contributed by atoms with Gasteiger partial charge in [0, 0.05) is 31.0 Å². The van der Waals surface area contributed by atoms with Crippen LogP contribution in [0.3, 0.4) is 0 Å². The van der Waals surface area contributed by atoms with Crippen molar-refractivity contribution >= 4 is 6.09 Å². The van der Waals surface area contributed by atoms with Gasteiger partial charge < -0.3 is 20.5 Å². The number of benzene rings is 1. The van der Waals surface area contributed by atoms with E-state index in [4.69, 9.17) is 15.2 Å². The number of nitrogens with two attached hydrogens (primary N) is 1. The lowest BCUT2D eigenvalue weighted by Gasteiger charge is -2.22. The molecular weight excluding hydrogens is 268 g/mol. The molecule has 1 aliphatic rings. The van der Waals surface area contributed by atoms with E-state index in [9.17, 15) is 4.79 Å². The Morgan fingerprint density at radius 1 is 1.48 bits per heavy atom. The molecule has 1 unspecified atom stereocenters. The molecule has 0 fully saturated rings. The zero-order valence-corrected chi connectivity index (χ0v) is 12.9. The van der Waals surface area contributed by atoms with Crippen molar-refractivity contribution in [2.24, 2.45) is 5.73 Å². The van der Waals surface area contributed by atoms with Gasteiger partial charge in [-0.15, -0.1) is 0 Å². The molecule has 0 radical (unpaired) electrons. The summed E-state index contributed by atoms with van der Waals surface area (Å²) in [4.78, 5) is 11.7. The van der Waals surface area contributed by atoms with Crippen molar-refractivity contribution in [1.82, 2.24) is 5.32 Å². The molecule has 0 spiro atoms. The fraction of sp³-hybridized carbons (Fsp3) is 0.562. The molecule has 1 aromatic rings. The van der Waals surface area contributed by atoms with E-state index in [1.54, 1.807) is 0 Å². The summed E-state index contributed by atoms with van der Waals surface area (Å²) in [5, 5.41) is 2.78. The van der Waals surface area contributed by atoms with E-state index in [1.165, 1.54) is 5.56 Å². The molecule has 1 atom stereocenters. The Kier molecular flexibility index (Phi) is 4.73. The van der Waals surface area contributed by atoms with Crippen molar-refractivity contribution in [3.05, 3.63) is 29.3 Å². The Balaban J connectivity index is 2.01. The number of amides is 1. The molecular formula is C16H24N2O3. The number of fused-ring (bicyclic) bond motifs is 1. The lowest BCUT2D eigenvalue weighted by Crippen LogP contribution is -2.36. The maximum absolute atomic E-state index is 11.7. The first-order valence-electron chi connectivity index (χ1n) is 7.32. The number of para-hydroxylation sites is 1. The van der Waals surface area contributed by atoms with Gasteiger partial charge in [0.2, 0.25) is 0 Å². The average Bonchev–Trinajstić information content (AvgIpc) is 2.86. The van der Waals surface area contributed by atoms with E-state index in [0.717, 1.165) is 17.7 Å². The van der Waals surface area contributed by atoms with Crippen LogP contribution >= 0.6 is 0 Å². The quantitative estimate of drug-likeness (QED) is 0.892. The van der Waals surface area contributed by atoms with Crippen LogP contribution in [0.5, 0.6) is 5.75 Å². The second-order valence-electron chi connectivity index (χ2n) is 6.25. The normalized spacial score (nSPS) is 15.0. The lowest BCUT2D eigenvalue weighted by molar-refractivity contribution is 0.0524. The van der Waals surface area contributed by atoms with Crippen LogP contribution < -0.4 is 15.8 Å². The summed E-state index contributed by atoms with van der Waals surface area (Å²) in [5.41, 5.74) is 7.63. The number of nitrogens with one attached hydrogen (secondary N) is 1. The maximum Gasteiger partial charge on any atom is 0.407 e. The lowest BCUT2D eigenvalue weighted by atomic mass is 9.96. The first-order chi connectivity index (χ1) is 9.90. The summed E-state index contributed by atoms with van der Waals surface area (Å²) >= 11 is 0. The molecule has 116 valence electrons. The van der Waals surface area contributed by atoms with Crippen LogP contribution in [0, 0.1) is 0 Å². The molecule has 0 aliphatic carbocycles. The molecule has 21 heavy (non-hydrogen) atoms. The molecule has 5 heteroatoms. The summed E-state index contributed by atoms with van der Waals surface area (Å²) in [6.45, 7) is 7.10. The number of alkyl carbamates (subject to hydrolysis) is 1. The van der Waals surface area contributed by atoms with E-state index in [-0.39, 0.29) is 5.92 Å². The minimum Gasteiger partial charge on any atom is -0.493 e. The Labute approximate surface area is 125 Å². The van der Waals surface area contributed by atoms with E-state index in [0.29, 0.717) is 19.7 Å². The highest BCUT2D eigenvalue weighted by atomic mass is 16.6. The Morgan fingerprint density at radius 3 is 2.90 bits per heavy atom. The Bertz CT molecular complexity index is 509. The molecule has 0 saturated carbocycles. The third-order valence-electron chi connectivity index (χ3n) is 3.36. The first kappa shape index (κ1) is 15.6. The van der Waals surface area contributed by atoms with Crippen molar-refractivity contribution in [3.63, 3.8) is 0 Å². The van der Waals surface area contributed by atoms with Gasteiger partial charge in [-0.2, -0.15) is 0 Å². The molecule has 0 saturated heterocycles. The van der Waals surface area contributed by atoms with Crippen molar-refractivity contribution in [2.45, 2.75) is 38.7 Å². The zero-order chi connectivity index (χ0) is 15.5. The summed E-state index contributed by atoms with van der Waals surface area (Å²) < 4.78 is 10.9. The molecule has 5 nitrogen and oxygen atoms in total. The maximum atomic E-state index is 11.7. The monoisotopic (exact) mass is 292 g/mol. The van der Waals surface area contributed by atoms with Gasteiger partial charge in [-0.1, -0.05) is 18.2 Å². The minimum atomic E-state index is -0.501. The van der Waals surface area contributed by atoms with Crippen LogP contribution in [0.25, 0.3) is 0 Å². The topological polar surface area (TPSA) is 73.6 Å². The fourth-order valence-electron chi connectivity index (χ4n) is 2.40. The summed E-state index contributed by atoms with van der Waals surface area (Å²) in [6, 6.07) is 6.10. The highest BCUT2D eigenvalue weighted by Gasteiger charge is 2.23. The van der Waals surface area contributed by atoms with Gasteiger partial charge in [-0.05, 0) is 26.3 Å². The van der Waals surface area contributed by atoms with E-state index in [2.05, 4.69) is 11.4 Å². The third-order valence-corrected chi connectivity index (χ3v) is 3.36. The van der Waals surface area contributed by atoms with Gasteiger partial charge in [-0.25, -0.2) is 4.79 Å². The Hall–Kier alpha value is -1.75. The minimum absolute atomic E-state index is 0.0190. The van der Waals surface area contributed by atoms with Crippen LogP contribution in [0.2, 0.25) is 0 Å². The van der Waals surface area contributed by atoms with Gasteiger partial charge in [-0.3, -0.25) is 0 Å². The molecule has 3 N–H and O–H groups in total. The standard InChI is InChI=1S/C16H24N2O3/c1-16(2,3)21-15(19)18-10-12(9-17)13-6-4-5-11-7-8-20-14(11)13/h4-6,12H,7-10,17H2,1-3H3,(H,18,19). The predicted octanol–water partition coefficient (Wildman–Crippen LogP) is 2.19. The van der Waals surface area contributed by atoms with Crippen LogP contribution in [0.4, 0.5) is 4.79 Å².